The number of nitrogens with zero attached hydrogens (tertiary/aromatic N) is 1. The van der Waals surface area contributed by atoms with Crippen LogP contribution in [0.25, 0.3) is 11.1 Å². The van der Waals surface area contributed by atoms with Gasteiger partial charge in [0.15, 0.2) is 0 Å². The van der Waals surface area contributed by atoms with Crippen LogP contribution in [0.15, 0.2) is 78.9 Å². The highest BCUT2D eigenvalue weighted by Crippen LogP contribution is 2.19. The van der Waals surface area contributed by atoms with Gasteiger partial charge in [-0.15, -0.1) is 0 Å². The molecule has 3 aromatic carbocycles. The summed E-state index contributed by atoms with van der Waals surface area (Å²) in [7, 11) is 0. The molecule has 1 heterocycles. The van der Waals surface area contributed by atoms with E-state index in [1.807, 2.05) is 42.5 Å². The second-order valence-electron chi connectivity index (χ2n) is 8.82. The number of hydrogen-bond acceptors (Lipinski definition) is 3. The van der Waals surface area contributed by atoms with Gasteiger partial charge in [0.25, 0.3) is 5.91 Å². The van der Waals surface area contributed by atoms with E-state index in [2.05, 4.69) is 16.0 Å². The maximum Gasteiger partial charge on any atom is 0.319 e. The van der Waals surface area contributed by atoms with Crippen LogP contribution in [0.5, 0.6) is 0 Å². The monoisotopic (exact) mass is 488 g/mol. The zero-order chi connectivity index (χ0) is 25.3. The molecule has 0 spiro atoms. The third-order valence-electron chi connectivity index (χ3n) is 6.16. The van der Waals surface area contributed by atoms with E-state index in [1.165, 1.54) is 18.2 Å². The highest BCUT2D eigenvalue weighted by Gasteiger charge is 2.24. The SMILES string of the molecule is O=C(NCC1CCCN(C(=O)CNC(=O)c2ccc(-c3ccccc3)cc2)C1)Nc1cccc(F)c1. The number of nitrogens with one attached hydrogen (secondary N) is 3. The van der Waals surface area contributed by atoms with Crippen LogP contribution >= 0.6 is 0 Å². The van der Waals surface area contributed by atoms with Crippen molar-refractivity contribution in [2.75, 3.05) is 31.5 Å². The smallest absolute Gasteiger partial charge is 0.319 e. The Kier molecular flexibility index (Phi) is 8.28. The predicted octanol–water partition coefficient (Wildman–Crippen LogP) is 4.28. The zero-order valence-corrected chi connectivity index (χ0v) is 19.9. The molecule has 7 nitrogen and oxygen atoms in total. The number of rotatable bonds is 7. The van der Waals surface area contributed by atoms with Crippen LogP contribution in [-0.4, -0.2) is 48.9 Å². The minimum absolute atomic E-state index is 0.0839. The number of carbonyl (C=O) groups excluding carboxylic acids is 3. The normalized spacial score (nSPS) is 15.1. The minimum Gasteiger partial charge on any atom is -0.343 e. The van der Waals surface area contributed by atoms with Crippen molar-refractivity contribution in [3.63, 3.8) is 0 Å². The maximum absolute atomic E-state index is 13.3. The largest absolute Gasteiger partial charge is 0.343 e. The number of amides is 4. The summed E-state index contributed by atoms with van der Waals surface area (Å²) < 4.78 is 13.3. The summed E-state index contributed by atoms with van der Waals surface area (Å²) in [6, 6.07) is 22.4. The quantitative estimate of drug-likeness (QED) is 0.464. The summed E-state index contributed by atoms with van der Waals surface area (Å²) in [5, 5.41) is 8.10. The molecule has 0 bridgehead atoms. The molecule has 36 heavy (non-hydrogen) atoms. The van der Waals surface area contributed by atoms with Crippen LogP contribution in [0.3, 0.4) is 0 Å². The Balaban J connectivity index is 1.21. The molecule has 4 rings (SSSR count). The lowest BCUT2D eigenvalue weighted by Crippen LogP contribution is -2.47. The molecule has 0 aliphatic carbocycles. The number of anilines is 1. The van der Waals surface area contributed by atoms with Gasteiger partial charge in [-0.3, -0.25) is 9.59 Å². The first-order valence-electron chi connectivity index (χ1n) is 12.0. The first kappa shape index (κ1) is 24.9. The van der Waals surface area contributed by atoms with Gasteiger partial charge < -0.3 is 20.9 Å². The lowest BCUT2D eigenvalue weighted by atomic mass is 9.98. The molecule has 8 heteroatoms. The van der Waals surface area contributed by atoms with Gasteiger partial charge in [-0.1, -0.05) is 48.5 Å². The van der Waals surface area contributed by atoms with Gasteiger partial charge in [-0.25, -0.2) is 9.18 Å². The number of benzene rings is 3. The van der Waals surface area contributed by atoms with E-state index in [9.17, 15) is 18.8 Å². The second kappa shape index (κ2) is 12.0. The van der Waals surface area contributed by atoms with Crippen LogP contribution < -0.4 is 16.0 Å². The molecule has 0 aromatic heterocycles. The Hall–Kier alpha value is -4.20. The molecule has 1 aliphatic rings. The maximum atomic E-state index is 13.3. The number of carbonyl (C=O) groups is 3. The standard InChI is InChI=1S/C28H29FN4O3/c29-24-9-4-10-25(16-24)32-28(36)31-17-20-6-5-15-33(19-20)26(34)18-30-27(35)23-13-11-22(12-14-23)21-7-2-1-3-8-21/h1-4,7-14,16,20H,5-6,15,17-19H2,(H,30,35)(H2,31,32,36). The molecule has 1 atom stereocenters. The van der Waals surface area contributed by atoms with Crippen molar-refractivity contribution < 1.29 is 18.8 Å². The summed E-state index contributed by atoms with van der Waals surface area (Å²) in [5.41, 5.74) is 2.95. The van der Waals surface area contributed by atoms with E-state index >= 15 is 0 Å². The second-order valence-corrected chi connectivity index (χ2v) is 8.82. The van der Waals surface area contributed by atoms with Crippen LogP contribution in [0.2, 0.25) is 0 Å². The summed E-state index contributed by atoms with van der Waals surface area (Å²) in [6.07, 6.45) is 1.70. The fraction of sp³-hybridized carbons (Fsp3) is 0.250. The molecule has 3 aromatic rings. The van der Waals surface area contributed by atoms with Gasteiger partial charge in [0.2, 0.25) is 5.91 Å². The van der Waals surface area contributed by atoms with E-state index in [0.717, 1.165) is 24.0 Å². The van der Waals surface area contributed by atoms with E-state index in [1.54, 1.807) is 23.1 Å². The first-order valence-corrected chi connectivity index (χ1v) is 12.0. The van der Waals surface area contributed by atoms with Crippen LogP contribution in [0.1, 0.15) is 23.2 Å². The van der Waals surface area contributed by atoms with Crippen molar-refractivity contribution >= 4 is 23.5 Å². The summed E-state index contributed by atoms with van der Waals surface area (Å²) in [5.74, 6) is -0.780. The summed E-state index contributed by atoms with van der Waals surface area (Å²) in [4.78, 5) is 39.1. The van der Waals surface area contributed by atoms with Gasteiger partial charge in [-0.05, 0) is 60.2 Å². The third kappa shape index (κ3) is 6.91. The van der Waals surface area contributed by atoms with Gasteiger partial charge >= 0.3 is 6.03 Å². The van der Waals surface area contributed by atoms with E-state index in [0.29, 0.717) is 30.9 Å². The topological polar surface area (TPSA) is 90.5 Å². The highest BCUT2D eigenvalue weighted by atomic mass is 19.1. The molecular weight excluding hydrogens is 459 g/mol. The Labute approximate surface area is 209 Å². The van der Waals surface area contributed by atoms with E-state index in [4.69, 9.17) is 0 Å². The number of halogens is 1. The predicted molar refractivity (Wildman–Crippen MR) is 137 cm³/mol. The minimum atomic E-state index is -0.425. The lowest BCUT2D eigenvalue weighted by Gasteiger charge is -2.33. The molecule has 1 fully saturated rings. The molecule has 4 amide bonds. The van der Waals surface area contributed by atoms with Gasteiger partial charge in [0.05, 0.1) is 6.54 Å². The Morgan fingerprint density at radius 2 is 1.64 bits per heavy atom. The lowest BCUT2D eigenvalue weighted by molar-refractivity contribution is -0.131. The first-order chi connectivity index (χ1) is 17.5. The van der Waals surface area contributed by atoms with Crippen LogP contribution in [-0.2, 0) is 4.79 Å². The average Bonchev–Trinajstić information content (AvgIpc) is 2.91. The van der Waals surface area contributed by atoms with Crippen molar-refractivity contribution in [2.24, 2.45) is 5.92 Å². The van der Waals surface area contributed by atoms with Gasteiger partial charge in [-0.2, -0.15) is 0 Å². The van der Waals surface area contributed by atoms with Gasteiger partial charge in [0, 0.05) is 30.9 Å². The Morgan fingerprint density at radius 3 is 2.39 bits per heavy atom. The van der Waals surface area contributed by atoms with E-state index < -0.39 is 11.8 Å². The number of hydrogen-bond donors (Lipinski definition) is 3. The molecule has 3 N–H and O–H groups in total. The highest BCUT2D eigenvalue weighted by molar-refractivity contribution is 5.96. The Morgan fingerprint density at radius 1 is 0.889 bits per heavy atom. The van der Waals surface area contributed by atoms with E-state index in [-0.39, 0.29) is 24.3 Å². The molecule has 1 aliphatic heterocycles. The third-order valence-corrected chi connectivity index (χ3v) is 6.16. The van der Waals surface area contributed by atoms with Crippen molar-refractivity contribution in [2.45, 2.75) is 12.8 Å². The molecule has 1 saturated heterocycles. The average molecular weight is 489 g/mol. The van der Waals surface area contributed by atoms with Crippen LogP contribution in [0, 0.1) is 11.7 Å². The molecule has 0 saturated carbocycles. The van der Waals surface area contributed by atoms with Crippen molar-refractivity contribution in [1.82, 2.24) is 15.5 Å². The summed E-state index contributed by atoms with van der Waals surface area (Å²) >= 11 is 0. The fourth-order valence-corrected chi connectivity index (χ4v) is 4.25. The molecule has 186 valence electrons. The van der Waals surface area contributed by atoms with Crippen LogP contribution in [0.4, 0.5) is 14.9 Å². The number of likely N-dealkylation sites (tertiary alicyclic amines) is 1. The Bertz CT molecular complexity index is 1200. The van der Waals surface area contributed by atoms with Crippen molar-refractivity contribution in [3.8, 4) is 11.1 Å². The number of piperidine rings is 1. The van der Waals surface area contributed by atoms with Crippen molar-refractivity contribution in [3.05, 3.63) is 90.2 Å². The fourth-order valence-electron chi connectivity index (χ4n) is 4.25. The summed E-state index contributed by atoms with van der Waals surface area (Å²) in [6.45, 7) is 1.43. The molecular formula is C28H29FN4O3. The number of urea groups is 1. The zero-order valence-electron chi connectivity index (χ0n) is 19.9. The molecule has 1 unspecified atom stereocenters. The molecule has 0 radical (unpaired) electrons. The van der Waals surface area contributed by atoms with Gasteiger partial charge in [0.1, 0.15) is 5.82 Å². The van der Waals surface area contributed by atoms with Crippen molar-refractivity contribution in [1.29, 1.82) is 0 Å².